The first kappa shape index (κ1) is 17.8. The van der Waals surface area contributed by atoms with Gasteiger partial charge >= 0.3 is 0 Å². The van der Waals surface area contributed by atoms with Gasteiger partial charge in [-0.05, 0) is 69.6 Å². The van der Waals surface area contributed by atoms with E-state index in [1.54, 1.807) is 0 Å². The molecule has 5 heteroatoms. The van der Waals surface area contributed by atoms with Crippen molar-refractivity contribution >= 4 is 11.6 Å². The van der Waals surface area contributed by atoms with Gasteiger partial charge in [-0.2, -0.15) is 0 Å². The van der Waals surface area contributed by atoms with Crippen LogP contribution in [0.3, 0.4) is 0 Å². The third-order valence-corrected chi connectivity index (χ3v) is 5.46. The van der Waals surface area contributed by atoms with E-state index in [1.165, 1.54) is 6.42 Å². The molecule has 2 fully saturated rings. The fourth-order valence-corrected chi connectivity index (χ4v) is 3.70. The van der Waals surface area contributed by atoms with Crippen LogP contribution in [0.15, 0.2) is 35.0 Å². The molecule has 3 aliphatic rings. The number of hydrogen-bond acceptors (Lipinski definition) is 4. The maximum absolute atomic E-state index is 12.5. The second kappa shape index (κ2) is 7.96. The summed E-state index contributed by atoms with van der Waals surface area (Å²) in [5.41, 5.74) is 3.66. The van der Waals surface area contributed by atoms with E-state index in [0.29, 0.717) is 6.04 Å². The van der Waals surface area contributed by atoms with Crippen LogP contribution in [0.5, 0.6) is 0 Å². The lowest BCUT2D eigenvalue weighted by molar-refractivity contribution is -0.140. The zero-order chi connectivity index (χ0) is 18.6. The molecule has 1 atom stereocenters. The number of aromatic nitrogens is 1. The summed E-state index contributed by atoms with van der Waals surface area (Å²) in [6, 6.07) is 6.28. The van der Waals surface area contributed by atoms with Crippen molar-refractivity contribution in [1.29, 1.82) is 0 Å². The molecule has 1 saturated heterocycles. The number of carbonyl (C=O) groups is 1. The predicted molar refractivity (Wildman–Crippen MR) is 104 cm³/mol. The van der Waals surface area contributed by atoms with Crippen molar-refractivity contribution in [3.63, 3.8) is 0 Å². The van der Waals surface area contributed by atoms with Crippen molar-refractivity contribution in [2.24, 2.45) is 5.16 Å². The minimum Gasteiger partial charge on any atom is -0.382 e. The van der Waals surface area contributed by atoms with Gasteiger partial charge in [0.25, 0.3) is 5.91 Å². The molecule has 0 bridgehead atoms. The highest BCUT2D eigenvalue weighted by atomic mass is 16.6. The molecule has 1 saturated carbocycles. The monoisotopic (exact) mass is 363 g/mol. The molecule has 1 aliphatic heterocycles. The first-order valence-electron chi connectivity index (χ1n) is 9.88. The summed E-state index contributed by atoms with van der Waals surface area (Å²) < 4.78 is 0. The van der Waals surface area contributed by atoms with Crippen LogP contribution < -0.4 is 0 Å². The molecule has 27 heavy (non-hydrogen) atoms. The fraction of sp³-hybridized carbons (Fsp3) is 0.500. The van der Waals surface area contributed by atoms with Gasteiger partial charge in [-0.1, -0.05) is 17.1 Å². The van der Waals surface area contributed by atoms with E-state index in [1.807, 2.05) is 36.1 Å². The maximum Gasteiger partial charge on any atom is 0.266 e. The van der Waals surface area contributed by atoms with Crippen LogP contribution in [-0.4, -0.2) is 40.2 Å². The first-order chi connectivity index (χ1) is 13.2. The summed E-state index contributed by atoms with van der Waals surface area (Å²) in [4.78, 5) is 24.5. The molecule has 140 valence electrons. The summed E-state index contributed by atoms with van der Waals surface area (Å²) in [5.74, 6) is 6.44. The molecule has 2 aliphatic carbocycles. The number of nitrogens with zero attached hydrogens (tertiary/aromatic N) is 3. The Hall–Kier alpha value is -2.61. The van der Waals surface area contributed by atoms with Crippen molar-refractivity contribution < 1.29 is 9.63 Å². The van der Waals surface area contributed by atoms with Crippen molar-refractivity contribution in [1.82, 2.24) is 9.88 Å². The van der Waals surface area contributed by atoms with Crippen LogP contribution in [0.4, 0.5) is 0 Å². The number of rotatable bonds is 3. The van der Waals surface area contributed by atoms with Crippen LogP contribution in [-0.2, 0) is 9.63 Å². The van der Waals surface area contributed by atoms with Gasteiger partial charge in [0.15, 0.2) is 0 Å². The van der Waals surface area contributed by atoms with Crippen LogP contribution in [0.2, 0.25) is 0 Å². The Morgan fingerprint density at radius 2 is 2.07 bits per heavy atom. The maximum atomic E-state index is 12.5. The molecule has 5 nitrogen and oxygen atoms in total. The number of aryl methyl sites for hydroxylation is 1. The van der Waals surface area contributed by atoms with Gasteiger partial charge in [-0.3, -0.25) is 4.79 Å². The number of allylic oxidation sites excluding steroid dienone is 2. The molecule has 0 radical (unpaired) electrons. The molecular formula is C22H25N3O2. The number of amides is 1. The molecule has 0 spiro atoms. The average molecular weight is 363 g/mol. The largest absolute Gasteiger partial charge is 0.382 e. The Morgan fingerprint density at radius 3 is 2.85 bits per heavy atom. The number of hydrogen-bond donors (Lipinski definition) is 0. The summed E-state index contributed by atoms with van der Waals surface area (Å²) in [6.07, 6.45) is 8.61. The SMILES string of the molecule is Cc1cccc(C#CC2=C/C(=N\OC3CCN(C4CCC4)C3=O)CCC2)n1. The van der Waals surface area contributed by atoms with Crippen LogP contribution >= 0.6 is 0 Å². The summed E-state index contributed by atoms with van der Waals surface area (Å²) in [5, 5.41) is 4.28. The second-order valence-electron chi connectivity index (χ2n) is 7.52. The third kappa shape index (κ3) is 4.21. The van der Waals surface area contributed by atoms with E-state index < -0.39 is 6.10 Å². The molecule has 1 unspecified atom stereocenters. The molecule has 0 aromatic carbocycles. The van der Waals surface area contributed by atoms with E-state index in [0.717, 1.165) is 67.7 Å². The Labute approximate surface area is 160 Å². The first-order valence-corrected chi connectivity index (χ1v) is 9.88. The standard InChI is InChI=1S/C22H25N3O2/c1-16-5-2-7-18(23-16)12-11-17-6-3-8-19(15-17)24-27-21-13-14-25(22(21)26)20-9-4-10-20/h2,5,7,15,20-21H,3-4,6,8-10,13-14H2,1H3/b24-19-. The van der Waals surface area contributed by atoms with Gasteiger partial charge in [-0.25, -0.2) is 4.98 Å². The topological polar surface area (TPSA) is 54.8 Å². The second-order valence-corrected chi connectivity index (χ2v) is 7.52. The van der Waals surface area contributed by atoms with Crippen molar-refractivity contribution in [2.45, 2.75) is 64.0 Å². The lowest BCUT2D eigenvalue weighted by Gasteiger charge is -2.34. The fourth-order valence-electron chi connectivity index (χ4n) is 3.70. The summed E-state index contributed by atoms with van der Waals surface area (Å²) >= 11 is 0. The molecule has 1 aromatic rings. The molecule has 1 aromatic heterocycles. The molecule has 4 rings (SSSR count). The Morgan fingerprint density at radius 1 is 1.19 bits per heavy atom. The molecule has 0 N–H and O–H groups in total. The number of carbonyl (C=O) groups excluding carboxylic acids is 1. The van der Waals surface area contributed by atoms with Gasteiger partial charge in [0.1, 0.15) is 5.69 Å². The smallest absolute Gasteiger partial charge is 0.266 e. The highest BCUT2D eigenvalue weighted by molar-refractivity contribution is 5.96. The quantitative estimate of drug-likeness (QED) is 0.611. The highest BCUT2D eigenvalue weighted by Gasteiger charge is 2.39. The van der Waals surface area contributed by atoms with Crippen molar-refractivity contribution in [3.05, 3.63) is 41.2 Å². The molecule has 1 amide bonds. The molecule has 2 heterocycles. The average Bonchev–Trinajstić information content (AvgIpc) is 2.98. The van der Waals surface area contributed by atoms with E-state index in [9.17, 15) is 4.79 Å². The lowest BCUT2D eigenvalue weighted by atomic mass is 9.92. The van der Waals surface area contributed by atoms with Crippen molar-refractivity contribution in [2.75, 3.05) is 6.54 Å². The summed E-state index contributed by atoms with van der Waals surface area (Å²) in [7, 11) is 0. The van der Waals surface area contributed by atoms with Crippen LogP contribution in [0.1, 0.15) is 56.3 Å². The summed E-state index contributed by atoms with van der Waals surface area (Å²) in [6.45, 7) is 2.76. The van der Waals surface area contributed by atoms with Gasteiger partial charge in [0.05, 0.1) is 5.71 Å². The van der Waals surface area contributed by atoms with Crippen LogP contribution in [0, 0.1) is 18.8 Å². The number of oxime groups is 1. The Bertz CT molecular complexity index is 843. The van der Waals surface area contributed by atoms with E-state index in [2.05, 4.69) is 22.0 Å². The molecular weight excluding hydrogens is 338 g/mol. The van der Waals surface area contributed by atoms with Gasteiger partial charge in [-0.15, -0.1) is 0 Å². The lowest BCUT2D eigenvalue weighted by Crippen LogP contribution is -2.42. The van der Waals surface area contributed by atoms with Gasteiger partial charge < -0.3 is 9.74 Å². The number of pyridine rings is 1. The number of likely N-dealkylation sites (tertiary alicyclic amines) is 1. The highest BCUT2D eigenvalue weighted by Crippen LogP contribution is 2.29. The van der Waals surface area contributed by atoms with Crippen LogP contribution in [0.25, 0.3) is 0 Å². The minimum atomic E-state index is -0.417. The zero-order valence-corrected chi connectivity index (χ0v) is 15.8. The predicted octanol–water partition coefficient (Wildman–Crippen LogP) is 3.38. The third-order valence-electron chi connectivity index (χ3n) is 5.46. The van der Waals surface area contributed by atoms with E-state index in [-0.39, 0.29) is 5.91 Å². The van der Waals surface area contributed by atoms with Crippen molar-refractivity contribution in [3.8, 4) is 11.8 Å². The zero-order valence-electron chi connectivity index (χ0n) is 15.8. The van der Waals surface area contributed by atoms with E-state index in [4.69, 9.17) is 4.84 Å². The van der Waals surface area contributed by atoms with Gasteiger partial charge in [0, 0.05) is 30.3 Å². The minimum absolute atomic E-state index is 0.106. The van der Waals surface area contributed by atoms with Gasteiger partial charge in [0.2, 0.25) is 6.10 Å². The van der Waals surface area contributed by atoms with E-state index >= 15 is 0 Å². The Balaban J connectivity index is 1.39. The Kier molecular flexibility index (Phi) is 5.24. The normalized spacial score (nSPS) is 24.3.